The Kier molecular flexibility index (Phi) is 7.24. The van der Waals surface area contributed by atoms with Crippen molar-refractivity contribution < 1.29 is 14.3 Å². The third-order valence-electron chi connectivity index (χ3n) is 4.92. The summed E-state index contributed by atoms with van der Waals surface area (Å²) in [6.45, 7) is 6.26. The zero-order valence-electron chi connectivity index (χ0n) is 18.4. The van der Waals surface area contributed by atoms with Crippen molar-refractivity contribution in [3.63, 3.8) is 0 Å². The summed E-state index contributed by atoms with van der Waals surface area (Å²) < 4.78 is 12.9. The Labute approximate surface area is 192 Å². The molecule has 1 heterocycles. The van der Waals surface area contributed by atoms with Crippen molar-refractivity contribution >= 4 is 29.3 Å². The summed E-state index contributed by atoms with van der Waals surface area (Å²) >= 11 is 6.21. The lowest BCUT2D eigenvalue weighted by Crippen LogP contribution is -2.13. The van der Waals surface area contributed by atoms with E-state index in [-0.39, 0.29) is 5.57 Å². The number of nitrogens with zero attached hydrogens (tertiary/aromatic N) is 2. The first-order valence-electron chi connectivity index (χ1n) is 10.1. The number of nitriles is 1. The fourth-order valence-electron chi connectivity index (χ4n) is 3.48. The highest BCUT2D eigenvalue weighted by Crippen LogP contribution is 2.31. The summed E-state index contributed by atoms with van der Waals surface area (Å²) in [6, 6.07) is 16.3. The van der Waals surface area contributed by atoms with Gasteiger partial charge in [-0.3, -0.25) is 4.79 Å². The fraction of sp³-hybridized carbons (Fsp3) is 0.200. The number of anilines is 1. The second-order valence-electron chi connectivity index (χ2n) is 7.06. The van der Waals surface area contributed by atoms with Gasteiger partial charge in [0.05, 0.1) is 19.4 Å². The number of nitrogens with one attached hydrogen (secondary N) is 1. The lowest BCUT2D eigenvalue weighted by molar-refractivity contribution is -0.112. The van der Waals surface area contributed by atoms with Crippen LogP contribution in [0.2, 0.25) is 5.02 Å². The fourth-order valence-corrected chi connectivity index (χ4v) is 3.64. The molecule has 6 nitrogen and oxygen atoms in total. The van der Waals surface area contributed by atoms with Crippen LogP contribution < -0.4 is 14.8 Å². The van der Waals surface area contributed by atoms with Gasteiger partial charge in [0, 0.05) is 28.2 Å². The van der Waals surface area contributed by atoms with Gasteiger partial charge >= 0.3 is 0 Å². The first-order chi connectivity index (χ1) is 15.4. The van der Waals surface area contributed by atoms with Crippen LogP contribution in [0, 0.1) is 25.2 Å². The molecule has 3 aromatic rings. The molecule has 0 radical (unpaired) electrons. The summed E-state index contributed by atoms with van der Waals surface area (Å²) in [5.74, 6) is 0.817. The Morgan fingerprint density at radius 3 is 2.69 bits per heavy atom. The summed E-state index contributed by atoms with van der Waals surface area (Å²) in [7, 11) is 1.60. The van der Waals surface area contributed by atoms with E-state index in [0.29, 0.717) is 28.8 Å². The molecule has 0 atom stereocenters. The molecule has 1 amide bonds. The molecule has 0 saturated heterocycles. The number of carbonyl (C=O) groups is 1. The van der Waals surface area contributed by atoms with Gasteiger partial charge < -0.3 is 19.4 Å². The van der Waals surface area contributed by atoms with Gasteiger partial charge in [-0.15, -0.1) is 0 Å². The molecule has 0 saturated carbocycles. The smallest absolute Gasteiger partial charge is 0.266 e. The average molecular weight is 450 g/mol. The average Bonchev–Trinajstić information content (AvgIpc) is 3.05. The van der Waals surface area contributed by atoms with E-state index in [0.717, 1.165) is 22.6 Å². The number of ether oxygens (including phenoxy) is 2. The number of carbonyl (C=O) groups excluding carboxylic acids is 1. The van der Waals surface area contributed by atoms with Gasteiger partial charge in [-0.2, -0.15) is 5.26 Å². The summed E-state index contributed by atoms with van der Waals surface area (Å²) in [4.78, 5) is 12.7. The monoisotopic (exact) mass is 449 g/mol. The van der Waals surface area contributed by atoms with Crippen LogP contribution in [0.1, 0.15) is 23.9 Å². The van der Waals surface area contributed by atoms with Gasteiger partial charge in [0.25, 0.3) is 5.91 Å². The highest BCUT2D eigenvalue weighted by molar-refractivity contribution is 6.30. The molecular weight excluding hydrogens is 426 g/mol. The number of rotatable bonds is 7. The van der Waals surface area contributed by atoms with E-state index >= 15 is 0 Å². The molecule has 7 heteroatoms. The number of aromatic nitrogens is 1. The van der Waals surface area contributed by atoms with Crippen LogP contribution in [0.5, 0.6) is 11.5 Å². The molecule has 164 valence electrons. The first kappa shape index (κ1) is 23.0. The van der Waals surface area contributed by atoms with Gasteiger partial charge in [-0.1, -0.05) is 17.7 Å². The minimum Gasteiger partial charge on any atom is -0.495 e. The van der Waals surface area contributed by atoms with Crippen molar-refractivity contribution in [2.75, 3.05) is 19.0 Å². The van der Waals surface area contributed by atoms with Crippen molar-refractivity contribution in [2.24, 2.45) is 0 Å². The number of halogens is 1. The van der Waals surface area contributed by atoms with E-state index in [4.69, 9.17) is 21.1 Å². The van der Waals surface area contributed by atoms with Crippen LogP contribution in [0.3, 0.4) is 0 Å². The van der Waals surface area contributed by atoms with E-state index in [9.17, 15) is 10.1 Å². The Morgan fingerprint density at radius 1 is 1.22 bits per heavy atom. The Hall–Kier alpha value is -3.69. The number of aryl methyl sites for hydroxylation is 1. The van der Waals surface area contributed by atoms with Crippen molar-refractivity contribution in [1.29, 1.82) is 5.26 Å². The predicted molar refractivity (Wildman–Crippen MR) is 127 cm³/mol. The minimum absolute atomic E-state index is 0.00915. The van der Waals surface area contributed by atoms with Gasteiger partial charge in [0.2, 0.25) is 0 Å². The largest absolute Gasteiger partial charge is 0.495 e. The maximum Gasteiger partial charge on any atom is 0.266 e. The number of amides is 1. The van der Waals surface area contributed by atoms with Crippen LogP contribution in [-0.4, -0.2) is 24.2 Å². The molecular formula is C25H24ClN3O3. The molecule has 32 heavy (non-hydrogen) atoms. The zero-order chi connectivity index (χ0) is 23.3. The van der Waals surface area contributed by atoms with E-state index in [1.165, 1.54) is 0 Å². The van der Waals surface area contributed by atoms with Crippen LogP contribution in [-0.2, 0) is 4.79 Å². The van der Waals surface area contributed by atoms with Gasteiger partial charge in [0.1, 0.15) is 23.1 Å². The number of hydrogen-bond acceptors (Lipinski definition) is 4. The standard InChI is InChI=1S/C25H24ClN3O3/c1-5-32-22-8-6-7-21(14-22)28-25(30)19(15-27)12-18-11-16(2)29(17(18)3)23-13-20(26)9-10-24(23)31-4/h6-14H,5H2,1-4H3,(H,28,30)/b19-12-. The van der Waals surface area contributed by atoms with Crippen molar-refractivity contribution in [3.05, 3.63) is 76.1 Å². The van der Waals surface area contributed by atoms with Crippen LogP contribution in [0.4, 0.5) is 5.69 Å². The quantitative estimate of drug-likeness (QED) is 0.370. The van der Waals surface area contributed by atoms with Gasteiger partial charge in [-0.05, 0) is 68.8 Å². The highest BCUT2D eigenvalue weighted by Gasteiger charge is 2.16. The molecule has 0 spiro atoms. The SMILES string of the molecule is CCOc1cccc(NC(=O)/C(C#N)=C\c2cc(C)n(-c3cc(Cl)ccc3OC)c2C)c1. The van der Waals surface area contributed by atoms with Crippen LogP contribution in [0.25, 0.3) is 11.8 Å². The summed E-state index contributed by atoms with van der Waals surface area (Å²) in [5.41, 5.74) is 3.84. The lowest BCUT2D eigenvalue weighted by atomic mass is 10.1. The van der Waals surface area contributed by atoms with Gasteiger partial charge in [0.15, 0.2) is 0 Å². The van der Waals surface area contributed by atoms with Crippen molar-refractivity contribution in [2.45, 2.75) is 20.8 Å². The lowest BCUT2D eigenvalue weighted by Gasteiger charge is -2.14. The molecule has 2 aromatic carbocycles. The third-order valence-corrected chi connectivity index (χ3v) is 5.16. The predicted octanol–water partition coefficient (Wildman–Crippen LogP) is 5.70. The Bertz CT molecular complexity index is 1220. The number of hydrogen-bond donors (Lipinski definition) is 1. The molecule has 1 aromatic heterocycles. The Balaban J connectivity index is 1.94. The second-order valence-corrected chi connectivity index (χ2v) is 7.50. The first-order valence-corrected chi connectivity index (χ1v) is 10.4. The maximum atomic E-state index is 12.7. The molecule has 1 N–H and O–H groups in total. The molecule has 0 aliphatic carbocycles. The minimum atomic E-state index is -0.494. The highest BCUT2D eigenvalue weighted by atomic mass is 35.5. The van der Waals surface area contributed by atoms with E-state index in [1.807, 2.05) is 43.5 Å². The number of benzene rings is 2. The molecule has 0 unspecified atom stereocenters. The van der Waals surface area contributed by atoms with Crippen LogP contribution >= 0.6 is 11.6 Å². The van der Waals surface area contributed by atoms with E-state index in [1.54, 1.807) is 49.6 Å². The molecule has 0 aliphatic rings. The van der Waals surface area contributed by atoms with Crippen molar-refractivity contribution in [1.82, 2.24) is 4.57 Å². The maximum absolute atomic E-state index is 12.7. The topological polar surface area (TPSA) is 76.3 Å². The van der Waals surface area contributed by atoms with Crippen molar-refractivity contribution in [3.8, 4) is 23.3 Å². The number of methoxy groups -OCH3 is 1. The van der Waals surface area contributed by atoms with E-state index < -0.39 is 5.91 Å². The zero-order valence-corrected chi connectivity index (χ0v) is 19.2. The molecule has 0 bridgehead atoms. The van der Waals surface area contributed by atoms with E-state index in [2.05, 4.69) is 5.32 Å². The van der Waals surface area contributed by atoms with Crippen LogP contribution in [0.15, 0.2) is 54.1 Å². The summed E-state index contributed by atoms with van der Waals surface area (Å²) in [5, 5.41) is 13.0. The molecule has 0 aliphatic heterocycles. The van der Waals surface area contributed by atoms with Gasteiger partial charge in [-0.25, -0.2) is 0 Å². The summed E-state index contributed by atoms with van der Waals surface area (Å²) in [6.07, 6.45) is 1.58. The normalized spacial score (nSPS) is 11.1. The molecule has 3 rings (SSSR count). The Morgan fingerprint density at radius 2 is 2.00 bits per heavy atom. The third kappa shape index (κ3) is 4.96. The molecule has 0 fully saturated rings. The second kappa shape index (κ2) is 10.1.